The molecule has 0 radical (unpaired) electrons. The Morgan fingerprint density at radius 2 is 1.89 bits per heavy atom. The molecule has 1 aromatic carbocycles. The molecule has 0 spiro atoms. The minimum absolute atomic E-state index is 0.000278. The number of ketones is 2. The van der Waals surface area contributed by atoms with Crippen molar-refractivity contribution in [2.75, 3.05) is 30.1 Å². The molecule has 3 aliphatic carbocycles. The maximum absolute atomic E-state index is 13.7. The standard InChI is InChI=1S/C24H27N3O8S/c1-4-36-23(34)26-12-8-13(27(2)3)11-6-9-5-10-7-14(28)17(22(25)33)21(32)24(10,35)20(31)15(9)19(30)16(11)18(12)29/h8-10,28-29,31,35H,4-7H2,1-3H3,(H2,25,33)(H,26,34)/t9-,10+,24+/m1/s1. The molecule has 11 nitrogen and oxygen atoms in total. The van der Waals surface area contributed by atoms with Gasteiger partial charge in [-0.05, 0) is 36.1 Å². The van der Waals surface area contributed by atoms with E-state index in [9.17, 15) is 39.6 Å². The number of nitrogens with one attached hydrogen (secondary N) is 1. The summed E-state index contributed by atoms with van der Waals surface area (Å²) in [7, 11) is 3.47. The number of amides is 2. The van der Waals surface area contributed by atoms with Crippen LogP contribution in [-0.4, -0.2) is 68.6 Å². The molecular formula is C24H27N3O8S. The van der Waals surface area contributed by atoms with Crippen molar-refractivity contribution in [1.82, 2.24) is 0 Å². The third-order valence-electron chi connectivity index (χ3n) is 7.03. The number of thioether (sulfide) groups is 1. The smallest absolute Gasteiger partial charge is 0.283 e. The number of aliphatic hydroxyl groups is 3. The molecule has 1 aromatic rings. The number of hydrogen-bond acceptors (Lipinski definition) is 10. The normalized spacial score (nSPS) is 25.2. The van der Waals surface area contributed by atoms with Crippen LogP contribution in [0, 0.1) is 11.8 Å². The Labute approximate surface area is 210 Å². The first-order valence-corrected chi connectivity index (χ1v) is 12.3. The first-order chi connectivity index (χ1) is 16.8. The number of allylic oxidation sites excluding steroid dienone is 2. The highest BCUT2D eigenvalue weighted by Crippen LogP contribution is 2.53. The summed E-state index contributed by atoms with van der Waals surface area (Å²) < 4.78 is 0. The number of anilines is 2. The van der Waals surface area contributed by atoms with Crippen LogP contribution in [0.1, 0.15) is 35.7 Å². The first kappa shape index (κ1) is 25.6. The lowest BCUT2D eigenvalue weighted by molar-refractivity contribution is -0.144. The number of phenols is 1. The summed E-state index contributed by atoms with van der Waals surface area (Å²) in [4.78, 5) is 52.4. The van der Waals surface area contributed by atoms with Gasteiger partial charge in [0.1, 0.15) is 17.1 Å². The fourth-order valence-electron chi connectivity index (χ4n) is 5.44. The van der Waals surface area contributed by atoms with Gasteiger partial charge in [0.05, 0.1) is 11.3 Å². The molecule has 0 aromatic heterocycles. The zero-order valence-electron chi connectivity index (χ0n) is 19.9. The van der Waals surface area contributed by atoms with E-state index in [0.29, 0.717) is 17.0 Å². The Balaban J connectivity index is 1.90. The summed E-state index contributed by atoms with van der Waals surface area (Å²) >= 11 is 0.979. The van der Waals surface area contributed by atoms with E-state index in [4.69, 9.17) is 5.73 Å². The largest absolute Gasteiger partial charge is 0.511 e. The van der Waals surface area contributed by atoms with Gasteiger partial charge in [0.2, 0.25) is 5.78 Å². The van der Waals surface area contributed by atoms with E-state index >= 15 is 0 Å². The Bertz CT molecular complexity index is 1280. The molecule has 192 valence electrons. The van der Waals surface area contributed by atoms with Crippen LogP contribution in [0.3, 0.4) is 0 Å². The molecule has 3 atom stereocenters. The van der Waals surface area contributed by atoms with Gasteiger partial charge in [0.25, 0.3) is 11.1 Å². The van der Waals surface area contributed by atoms with Crippen LogP contribution in [-0.2, 0) is 16.0 Å². The van der Waals surface area contributed by atoms with Crippen molar-refractivity contribution in [1.29, 1.82) is 0 Å². The fourth-order valence-corrected chi connectivity index (χ4v) is 5.88. The van der Waals surface area contributed by atoms with Crippen LogP contribution in [0.2, 0.25) is 0 Å². The number of phenolic OH excluding ortho intramolecular Hbond substituents is 1. The highest BCUT2D eigenvalue weighted by atomic mass is 32.2. The molecule has 0 bridgehead atoms. The van der Waals surface area contributed by atoms with Crippen molar-refractivity contribution < 1.29 is 39.6 Å². The van der Waals surface area contributed by atoms with Gasteiger partial charge in [0.15, 0.2) is 17.1 Å². The predicted molar refractivity (Wildman–Crippen MR) is 132 cm³/mol. The van der Waals surface area contributed by atoms with Gasteiger partial charge >= 0.3 is 0 Å². The molecule has 36 heavy (non-hydrogen) atoms. The topological polar surface area (TPSA) is 190 Å². The average Bonchev–Trinajstić information content (AvgIpc) is 2.77. The van der Waals surface area contributed by atoms with Crippen LogP contribution < -0.4 is 16.0 Å². The third kappa shape index (κ3) is 3.63. The second kappa shape index (κ2) is 8.86. The lowest BCUT2D eigenvalue weighted by Gasteiger charge is -2.45. The molecule has 0 fully saturated rings. The number of primary amides is 1. The number of rotatable bonds is 4. The van der Waals surface area contributed by atoms with Gasteiger partial charge < -0.3 is 36.4 Å². The molecule has 7 N–H and O–H groups in total. The van der Waals surface area contributed by atoms with E-state index in [1.165, 1.54) is 0 Å². The van der Waals surface area contributed by atoms with Gasteiger partial charge in [-0.25, -0.2) is 0 Å². The van der Waals surface area contributed by atoms with Gasteiger partial charge in [-0.1, -0.05) is 18.7 Å². The molecule has 2 amide bonds. The van der Waals surface area contributed by atoms with E-state index < -0.39 is 63.0 Å². The zero-order chi connectivity index (χ0) is 26.7. The molecule has 0 unspecified atom stereocenters. The lowest BCUT2D eigenvalue weighted by atomic mass is 9.60. The first-order valence-electron chi connectivity index (χ1n) is 11.3. The van der Waals surface area contributed by atoms with Crippen LogP contribution in [0.25, 0.3) is 0 Å². The van der Waals surface area contributed by atoms with E-state index in [1.807, 2.05) is 0 Å². The van der Waals surface area contributed by atoms with Crippen molar-refractivity contribution in [3.63, 3.8) is 0 Å². The summed E-state index contributed by atoms with van der Waals surface area (Å²) in [5.41, 5.74) is 2.39. The van der Waals surface area contributed by atoms with Crippen molar-refractivity contribution in [2.24, 2.45) is 17.6 Å². The van der Waals surface area contributed by atoms with E-state index in [0.717, 1.165) is 11.8 Å². The summed E-state index contributed by atoms with van der Waals surface area (Å²) in [6.45, 7) is 1.79. The SMILES string of the molecule is CCSC(=O)Nc1cc(N(C)C)c2c(c1O)C(=O)C1=C(O)[C@]3(O)C(=O)C(C(N)=O)=C(O)C[C@@H]3C[C@@H]1C2. The average molecular weight is 518 g/mol. The Kier molecular flexibility index (Phi) is 6.29. The zero-order valence-corrected chi connectivity index (χ0v) is 20.7. The monoisotopic (exact) mass is 517 g/mol. The van der Waals surface area contributed by atoms with E-state index in [1.54, 1.807) is 32.0 Å². The molecule has 12 heteroatoms. The van der Waals surface area contributed by atoms with Crippen LogP contribution in [0.15, 0.2) is 28.7 Å². The van der Waals surface area contributed by atoms with Gasteiger partial charge in [-0.3, -0.25) is 19.2 Å². The van der Waals surface area contributed by atoms with Crippen molar-refractivity contribution >= 4 is 45.8 Å². The number of hydrogen-bond donors (Lipinski definition) is 6. The third-order valence-corrected chi connectivity index (χ3v) is 7.69. The van der Waals surface area contributed by atoms with Gasteiger partial charge in [0, 0.05) is 37.7 Å². The summed E-state index contributed by atoms with van der Waals surface area (Å²) in [5, 5.41) is 45.8. The molecule has 4 rings (SSSR count). The highest BCUT2D eigenvalue weighted by molar-refractivity contribution is 8.13. The van der Waals surface area contributed by atoms with E-state index in [-0.39, 0.29) is 36.1 Å². The van der Waals surface area contributed by atoms with Gasteiger partial charge in [-0.15, -0.1) is 0 Å². The van der Waals surface area contributed by atoms with Crippen molar-refractivity contribution in [2.45, 2.75) is 31.8 Å². The van der Waals surface area contributed by atoms with E-state index in [2.05, 4.69) is 5.32 Å². The quantitative estimate of drug-likeness (QED) is 0.254. The maximum atomic E-state index is 13.7. The number of Topliss-reactive ketones (excluding diaryl/α,β-unsaturated/α-hetero) is 2. The fraction of sp³-hybridized carbons (Fsp3) is 0.417. The number of nitrogens with two attached hydrogens (primary N) is 1. The summed E-state index contributed by atoms with van der Waals surface area (Å²) in [6.07, 6.45) is -0.0726. The molecule has 0 heterocycles. The number of aromatic hydroxyl groups is 1. The minimum atomic E-state index is -2.63. The highest BCUT2D eigenvalue weighted by Gasteiger charge is 2.59. The molecule has 0 saturated heterocycles. The Hall–Kier alpha value is -3.51. The van der Waals surface area contributed by atoms with Crippen LogP contribution in [0.5, 0.6) is 5.75 Å². The molecule has 0 saturated carbocycles. The summed E-state index contributed by atoms with van der Waals surface area (Å²) in [5.74, 6) is -6.48. The lowest BCUT2D eigenvalue weighted by Crippen LogP contribution is -2.57. The molecular weight excluding hydrogens is 490 g/mol. The van der Waals surface area contributed by atoms with Crippen molar-refractivity contribution in [3.8, 4) is 5.75 Å². The second-order valence-corrected chi connectivity index (χ2v) is 10.5. The van der Waals surface area contributed by atoms with Crippen LogP contribution in [0.4, 0.5) is 16.2 Å². The Morgan fingerprint density at radius 1 is 1.22 bits per heavy atom. The number of aliphatic hydroxyl groups excluding tert-OH is 2. The number of nitrogens with zero attached hydrogens (tertiary/aromatic N) is 1. The number of carbonyl (C=O) groups is 4. The van der Waals surface area contributed by atoms with Gasteiger partial charge in [-0.2, -0.15) is 0 Å². The second-order valence-electron chi connectivity index (χ2n) is 9.30. The molecule has 3 aliphatic rings. The number of benzene rings is 1. The van der Waals surface area contributed by atoms with Crippen LogP contribution >= 0.6 is 11.8 Å². The van der Waals surface area contributed by atoms with Crippen molar-refractivity contribution in [3.05, 3.63) is 39.9 Å². The number of carbonyl (C=O) groups excluding carboxylic acids is 4. The number of fused-ring (bicyclic) bond motifs is 3. The predicted octanol–water partition coefficient (Wildman–Crippen LogP) is 1.93. The summed E-state index contributed by atoms with van der Waals surface area (Å²) in [6, 6.07) is 1.56. The minimum Gasteiger partial charge on any atom is -0.511 e. The molecule has 0 aliphatic heterocycles. The Morgan fingerprint density at radius 3 is 2.47 bits per heavy atom. The maximum Gasteiger partial charge on any atom is 0.283 e.